The molecule has 17 heavy (non-hydrogen) atoms. The highest BCUT2D eigenvalue weighted by Gasteiger charge is 2.06. The Morgan fingerprint density at radius 3 is 2.94 bits per heavy atom. The van der Waals surface area contributed by atoms with Crippen molar-refractivity contribution in [1.82, 2.24) is 14.8 Å². The zero-order valence-corrected chi connectivity index (χ0v) is 9.29. The molecule has 2 N–H and O–H groups in total. The van der Waals surface area contributed by atoms with Gasteiger partial charge in [-0.3, -0.25) is 0 Å². The van der Waals surface area contributed by atoms with E-state index in [0.29, 0.717) is 17.9 Å². The van der Waals surface area contributed by atoms with Gasteiger partial charge in [-0.15, -0.1) is 5.10 Å². The molecule has 0 bridgehead atoms. The first-order valence-electron chi connectivity index (χ1n) is 4.95. The standard InChI is InChI=1S/C11H11N5O/c1-17-10-3-2-8(5-12)4-9(10)6-16-7-14-11(13)15-16/h2-4,7H,6H2,1H3,(H2,13,15). The van der Waals surface area contributed by atoms with Gasteiger partial charge in [0.25, 0.3) is 0 Å². The summed E-state index contributed by atoms with van der Waals surface area (Å²) in [5.74, 6) is 0.929. The molecular formula is C11H11N5O. The number of nitrogens with two attached hydrogens (primary N) is 1. The van der Waals surface area contributed by atoms with Gasteiger partial charge in [0, 0.05) is 5.56 Å². The fourth-order valence-electron chi connectivity index (χ4n) is 1.53. The van der Waals surface area contributed by atoms with E-state index in [2.05, 4.69) is 16.2 Å². The van der Waals surface area contributed by atoms with Gasteiger partial charge in [-0.05, 0) is 18.2 Å². The second-order valence-electron chi connectivity index (χ2n) is 3.44. The largest absolute Gasteiger partial charge is 0.496 e. The maximum atomic E-state index is 8.85. The number of benzene rings is 1. The van der Waals surface area contributed by atoms with Crippen LogP contribution in [0.4, 0.5) is 5.95 Å². The maximum Gasteiger partial charge on any atom is 0.239 e. The van der Waals surface area contributed by atoms with E-state index in [4.69, 9.17) is 15.7 Å². The number of hydrogen-bond donors (Lipinski definition) is 1. The summed E-state index contributed by atoms with van der Waals surface area (Å²) < 4.78 is 6.81. The first-order valence-corrected chi connectivity index (χ1v) is 4.95. The molecule has 0 aliphatic rings. The van der Waals surface area contributed by atoms with Crippen LogP contribution in [0.5, 0.6) is 5.75 Å². The highest BCUT2D eigenvalue weighted by Crippen LogP contribution is 2.20. The van der Waals surface area contributed by atoms with Gasteiger partial charge in [0.15, 0.2) is 0 Å². The SMILES string of the molecule is COc1ccc(C#N)cc1Cn1cnc(N)n1. The molecular weight excluding hydrogens is 218 g/mol. The fraction of sp³-hybridized carbons (Fsp3) is 0.182. The normalized spacial score (nSPS) is 9.88. The predicted molar refractivity (Wildman–Crippen MR) is 61.2 cm³/mol. The van der Waals surface area contributed by atoms with Gasteiger partial charge in [-0.2, -0.15) is 5.26 Å². The molecule has 1 heterocycles. The Morgan fingerprint density at radius 2 is 2.35 bits per heavy atom. The van der Waals surface area contributed by atoms with Gasteiger partial charge < -0.3 is 10.5 Å². The minimum Gasteiger partial charge on any atom is -0.496 e. The lowest BCUT2D eigenvalue weighted by molar-refractivity contribution is 0.407. The zero-order valence-electron chi connectivity index (χ0n) is 9.29. The Balaban J connectivity index is 2.33. The van der Waals surface area contributed by atoms with Crippen LogP contribution in [0.3, 0.4) is 0 Å². The minimum atomic E-state index is 0.223. The van der Waals surface area contributed by atoms with Crippen LogP contribution in [0, 0.1) is 11.3 Å². The Labute approximate surface area is 98.3 Å². The van der Waals surface area contributed by atoms with Crippen molar-refractivity contribution < 1.29 is 4.74 Å². The summed E-state index contributed by atoms with van der Waals surface area (Å²) in [4.78, 5) is 3.83. The summed E-state index contributed by atoms with van der Waals surface area (Å²) in [7, 11) is 1.58. The summed E-state index contributed by atoms with van der Waals surface area (Å²) in [6, 6.07) is 7.31. The van der Waals surface area contributed by atoms with Crippen molar-refractivity contribution in [2.45, 2.75) is 6.54 Å². The van der Waals surface area contributed by atoms with E-state index in [1.165, 1.54) is 6.33 Å². The van der Waals surface area contributed by atoms with Crippen molar-refractivity contribution in [2.75, 3.05) is 12.8 Å². The molecule has 2 aromatic rings. The summed E-state index contributed by atoms with van der Waals surface area (Å²) in [5.41, 5.74) is 6.87. The van der Waals surface area contributed by atoms with Crippen molar-refractivity contribution in [1.29, 1.82) is 5.26 Å². The first-order chi connectivity index (χ1) is 8.22. The number of hydrogen-bond acceptors (Lipinski definition) is 5. The van der Waals surface area contributed by atoms with E-state index in [0.717, 1.165) is 5.56 Å². The molecule has 0 unspecified atom stereocenters. The number of methoxy groups -OCH3 is 1. The third-order valence-electron chi connectivity index (χ3n) is 2.30. The van der Waals surface area contributed by atoms with Crippen molar-refractivity contribution in [2.24, 2.45) is 0 Å². The van der Waals surface area contributed by atoms with Crippen LogP contribution in [-0.2, 0) is 6.54 Å². The van der Waals surface area contributed by atoms with Gasteiger partial charge in [0.1, 0.15) is 12.1 Å². The van der Waals surface area contributed by atoms with Gasteiger partial charge in [-0.25, -0.2) is 9.67 Å². The van der Waals surface area contributed by atoms with Crippen LogP contribution in [0.15, 0.2) is 24.5 Å². The van der Waals surface area contributed by atoms with Gasteiger partial charge in [0.05, 0.1) is 25.3 Å². The number of anilines is 1. The number of nitriles is 1. The van der Waals surface area contributed by atoms with E-state index >= 15 is 0 Å². The van der Waals surface area contributed by atoms with E-state index in [1.54, 1.807) is 30.0 Å². The molecule has 0 atom stereocenters. The van der Waals surface area contributed by atoms with Crippen molar-refractivity contribution in [3.05, 3.63) is 35.7 Å². The monoisotopic (exact) mass is 229 g/mol. The number of rotatable bonds is 3. The zero-order chi connectivity index (χ0) is 12.3. The Bertz CT molecular complexity index is 569. The summed E-state index contributed by atoms with van der Waals surface area (Å²) in [6.45, 7) is 0.461. The van der Waals surface area contributed by atoms with Crippen LogP contribution in [0.2, 0.25) is 0 Å². The highest BCUT2D eigenvalue weighted by molar-refractivity contribution is 5.42. The molecule has 6 nitrogen and oxygen atoms in total. The van der Waals surface area contributed by atoms with Crippen molar-refractivity contribution in [3.8, 4) is 11.8 Å². The maximum absolute atomic E-state index is 8.85. The van der Waals surface area contributed by atoms with Crippen LogP contribution >= 0.6 is 0 Å². The molecule has 1 aromatic heterocycles. The first kappa shape index (κ1) is 11.0. The number of nitrogens with zero attached hydrogens (tertiary/aromatic N) is 4. The molecule has 2 rings (SSSR count). The lowest BCUT2D eigenvalue weighted by Gasteiger charge is -2.08. The summed E-state index contributed by atoms with van der Waals surface area (Å²) in [5, 5.41) is 12.8. The Morgan fingerprint density at radius 1 is 1.53 bits per heavy atom. The van der Waals surface area contributed by atoms with Crippen molar-refractivity contribution >= 4 is 5.95 Å². The van der Waals surface area contributed by atoms with E-state index in [-0.39, 0.29) is 5.95 Å². The molecule has 0 amide bonds. The van der Waals surface area contributed by atoms with Gasteiger partial charge >= 0.3 is 0 Å². The molecule has 1 aromatic carbocycles. The van der Waals surface area contributed by atoms with E-state index in [1.807, 2.05) is 0 Å². The molecule has 6 heteroatoms. The average Bonchev–Trinajstić information content (AvgIpc) is 2.74. The van der Waals surface area contributed by atoms with Gasteiger partial charge in [-0.1, -0.05) is 0 Å². The lowest BCUT2D eigenvalue weighted by atomic mass is 10.1. The molecule has 0 aliphatic heterocycles. The molecule has 0 spiro atoms. The van der Waals surface area contributed by atoms with E-state index < -0.39 is 0 Å². The summed E-state index contributed by atoms with van der Waals surface area (Å²) >= 11 is 0. The third-order valence-corrected chi connectivity index (χ3v) is 2.30. The predicted octanol–water partition coefficient (Wildman–Crippen LogP) is 0.789. The number of ether oxygens (including phenoxy) is 1. The molecule has 0 saturated carbocycles. The smallest absolute Gasteiger partial charge is 0.239 e. The second kappa shape index (κ2) is 4.53. The Kier molecular flexibility index (Phi) is 2.92. The topological polar surface area (TPSA) is 89.8 Å². The second-order valence-corrected chi connectivity index (χ2v) is 3.44. The molecule has 0 radical (unpaired) electrons. The van der Waals surface area contributed by atoms with E-state index in [9.17, 15) is 0 Å². The van der Waals surface area contributed by atoms with Crippen molar-refractivity contribution in [3.63, 3.8) is 0 Å². The van der Waals surface area contributed by atoms with Crippen LogP contribution in [0.1, 0.15) is 11.1 Å². The number of aromatic nitrogens is 3. The highest BCUT2D eigenvalue weighted by atomic mass is 16.5. The van der Waals surface area contributed by atoms with Crippen LogP contribution in [-0.4, -0.2) is 21.9 Å². The quantitative estimate of drug-likeness (QED) is 0.840. The Hall–Kier alpha value is -2.55. The van der Waals surface area contributed by atoms with Crippen LogP contribution < -0.4 is 10.5 Å². The van der Waals surface area contributed by atoms with Crippen LogP contribution in [0.25, 0.3) is 0 Å². The number of nitrogen functional groups attached to an aromatic ring is 1. The molecule has 86 valence electrons. The fourth-order valence-corrected chi connectivity index (χ4v) is 1.53. The third kappa shape index (κ3) is 2.34. The molecule has 0 saturated heterocycles. The lowest BCUT2D eigenvalue weighted by Crippen LogP contribution is -2.03. The average molecular weight is 229 g/mol. The minimum absolute atomic E-state index is 0.223. The summed E-state index contributed by atoms with van der Waals surface area (Å²) in [6.07, 6.45) is 1.54. The molecule has 0 aliphatic carbocycles. The molecule has 0 fully saturated rings. The van der Waals surface area contributed by atoms with Gasteiger partial charge in [0.2, 0.25) is 5.95 Å².